The van der Waals surface area contributed by atoms with Crippen LogP contribution in [0.1, 0.15) is 57.1 Å². The molecule has 1 saturated heterocycles. The van der Waals surface area contributed by atoms with E-state index in [1.807, 2.05) is 78.9 Å². The third-order valence-electron chi connectivity index (χ3n) is 13.6. The fraction of sp³-hybridized carbons (Fsp3) is 0.298. The quantitative estimate of drug-likeness (QED) is 0.0648. The van der Waals surface area contributed by atoms with Crippen molar-refractivity contribution < 1.29 is 51.3 Å². The van der Waals surface area contributed by atoms with Crippen LogP contribution in [0.2, 0.25) is 0 Å². The number of nitrogens with one attached hydrogen (secondary N) is 4. The van der Waals surface area contributed by atoms with Crippen LogP contribution in [-0.2, 0) is 33.9 Å². The lowest BCUT2D eigenvalue weighted by Gasteiger charge is -2.30. The number of ether oxygens (including phenoxy) is 4. The molecule has 5 aromatic carbocycles. The van der Waals surface area contributed by atoms with Crippen LogP contribution in [0, 0.1) is 5.92 Å². The molecule has 17 nitrogen and oxygen atoms in total. The second-order valence-electron chi connectivity index (χ2n) is 19.7. The molecule has 388 valence electrons. The number of alkyl carbamates (subject to hydrolysis) is 2. The summed E-state index contributed by atoms with van der Waals surface area (Å²) < 4.78 is 52.5. The number of benzene rings is 5. The van der Waals surface area contributed by atoms with Crippen LogP contribution in [0.15, 0.2) is 151 Å². The van der Waals surface area contributed by atoms with Gasteiger partial charge < -0.3 is 39.8 Å². The molecule has 0 spiro atoms. The van der Waals surface area contributed by atoms with Crippen molar-refractivity contribution in [1.82, 2.24) is 30.6 Å². The Morgan fingerprint density at radius 3 is 2.15 bits per heavy atom. The first-order valence-corrected chi connectivity index (χ1v) is 26.1. The molecular formula is C57H58N6O11S. The molecule has 0 radical (unpaired) electrons. The number of rotatable bonds is 17. The zero-order valence-corrected chi connectivity index (χ0v) is 42.7. The number of aromatic nitrogens is 1. The Hall–Kier alpha value is -8.25. The van der Waals surface area contributed by atoms with Crippen LogP contribution >= 0.6 is 0 Å². The topological polar surface area (TPSA) is 221 Å². The van der Waals surface area contributed by atoms with Crippen molar-refractivity contribution in [2.24, 2.45) is 5.92 Å². The largest absolute Gasteiger partial charge is 0.497 e. The van der Waals surface area contributed by atoms with Gasteiger partial charge in [0.2, 0.25) is 11.8 Å². The Morgan fingerprint density at radius 2 is 1.51 bits per heavy atom. The second kappa shape index (κ2) is 21.3. The van der Waals surface area contributed by atoms with Gasteiger partial charge in [-0.2, -0.15) is 0 Å². The number of amides is 5. The van der Waals surface area contributed by atoms with Gasteiger partial charge in [0, 0.05) is 47.9 Å². The zero-order valence-electron chi connectivity index (χ0n) is 41.9. The highest BCUT2D eigenvalue weighted by Crippen LogP contribution is 2.46. The third-order valence-corrected chi connectivity index (χ3v) is 14.9. The monoisotopic (exact) mass is 1030 g/mol. The minimum atomic E-state index is -4.36. The average Bonchev–Trinajstić information content (AvgIpc) is 3.80. The highest BCUT2D eigenvalue weighted by Gasteiger charge is 2.61. The molecule has 6 aromatic rings. The van der Waals surface area contributed by atoms with Crippen molar-refractivity contribution in [3.63, 3.8) is 0 Å². The molecule has 75 heavy (non-hydrogen) atoms. The van der Waals surface area contributed by atoms with Gasteiger partial charge in [0.1, 0.15) is 47.4 Å². The van der Waals surface area contributed by atoms with Crippen LogP contribution in [0.5, 0.6) is 11.5 Å². The van der Waals surface area contributed by atoms with E-state index in [1.54, 1.807) is 58.2 Å². The Kier molecular flexibility index (Phi) is 14.7. The van der Waals surface area contributed by atoms with Crippen molar-refractivity contribution in [2.75, 3.05) is 26.8 Å². The molecule has 1 aromatic heterocycles. The molecule has 5 amide bonds. The van der Waals surface area contributed by atoms with Crippen LogP contribution in [0.25, 0.3) is 33.3 Å². The Labute approximate surface area is 435 Å². The number of methoxy groups -OCH3 is 1. The second-order valence-corrected chi connectivity index (χ2v) is 21.4. The van der Waals surface area contributed by atoms with Crippen LogP contribution in [0.4, 0.5) is 9.59 Å². The third kappa shape index (κ3) is 11.3. The van der Waals surface area contributed by atoms with E-state index in [4.69, 9.17) is 23.9 Å². The number of sulfonamides is 1. The summed E-state index contributed by atoms with van der Waals surface area (Å²) in [6.07, 6.45) is -1.33. The molecule has 0 unspecified atom stereocenters. The summed E-state index contributed by atoms with van der Waals surface area (Å²) in [7, 11) is -2.81. The molecule has 4 N–H and O–H groups in total. The minimum Gasteiger partial charge on any atom is -0.497 e. The molecular weight excluding hydrogens is 977 g/mol. The van der Waals surface area contributed by atoms with Gasteiger partial charge in [-0.15, -0.1) is 6.58 Å². The summed E-state index contributed by atoms with van der Waals surface area (Å²) in [6, 6.07) is 37.1. The van der Waals surface area contributed by atoms with E-state index in [2.05, 4.69) is 27.3 Å². The highest BCUT2D eigenvalue weighted by atomic mass is 32.2. The molecule has 1 aliphatic heterocycles. The smallest absolute Gasteiger partial charge is 0.408 e. The van der Waals surface area contributed by atoms with E-state index >= 15 is 4.79 Å². The summed E-state index contributed by atoms with van der Waals surface area (Å²) in [5.41, 5.74) is 3.44. The maximum atomic E-state index is 15.1. The van der Waals surface area contributed by atoms with Gasteiger partial charge in [-0.3, -0.25) is 14.4 Å². The van der Waals surface area contributed by atoms with Crippen molar-refractivity contribution in [1.29, 1.82) is 0 Å². The van der Waals surface area contributed by atoms with Crippen molar-refractivity contribution >= 4 is 50.8 Å². The normalized spacial score (nSPS) is 19.1. The van der Waals surface area contributed by atoms with Gasteiger partial charge >= 0.3 is 12.2 Å². The summed E-state index contributed by atoms with van der Waals surface area (Å²) in [5, 5.41) is 8.80. The number of carbonyl (C=O) groups is 5. The molecule has 2 heterocycles. The molecule has 2 fully saturated rings. The standard InChI is InChI=1S/C57H58N6O11S/c1-6-36-32-57(36,53(66)62-75(69,70)39-19-11-8-12-20-39)61-51(64)49-30-38(73-50-31-47(35-17-9-7-10-18-35)59-48-29-37(71-5)25-26-44(48)50)33-63(49)52(65)46(60-55(68)74-56(2,3)4)27-28-58-54(67)72-34-45-42-23-15-13-21-40(42)41-22-14-16-24-43(41)45/h6-26,29,31,36,38,45-46,49H,1,27-28,30,32-34H2,2-5H3,(H,58,67)(H,60,68)(H,61,64)(H,62,66)/t36-,38-,46+,49+,57-/m1/s1. The lowest BCUT2D eigenvalue weighted by molar-refractivity contribution is -0.141. The number of pyridine rings is 1. The molecule has 0 bridgehead atoms. The first-order valence-electron chi connectivity index (χ1n) is 24.6. The van der Waals surface area contributed by atoms with Crippen molar-refractivity contribution in [3.8, 4) is 33.9 Å². The first kappa shape index (κ1) is 51.6. The van der Waals surface area contributed by atoms with Crippen molar-refractivity contribution in [3.05, 3.63) is 157 Å². The van der Waals surface area contributed by atoms with Gasteiger partial charge in [0.15, 0.2) is 0 Å². The van der Waals surface area contributed by atoms with Gasteiger partial charge in [-0.1, -0.05) is 103 Å². The number of likely N-dealkylation sites (tertiary alicyclic amines) is 1. The van der Waals surface area contributed by atoms with Gasteiger partial charge in [-0.05, 0) is 80.1 Å². The highest BCUT2D eigenvalue weighted by molar-refractivity contribution is 7.90. The Balaban J connectivity index is 0.988. The number of nitrogens with zero attached hydrogens (tertiary/aromatic N) is 2. The van der Waals surface area contributed by atoms with E-state index in [0.29, 0.717) is 28.1 Å². The minimum absolute atomic E-state index is 0.0259. The molecule has 2 aliphatic carbocycles. The zero-order chi connectivity index (χ0) is 53.1. The average molecular weight is 1040 g/mol. The van der Waals surface area contributed by atoms with Crippen LogP contribution < -0.4 is 30.1 Å². The van der Waals surface area contributed by atoms with Gasteiger partial charge in [0.25, 0.3) is 15.9 Å². The van der Waals surface area contributed by atoms with Crippen LogP contribution in [0.3, 0.4) is 0 Å². The summed E-state index contributed by atoms with van der Waals surface area (Å²) in [6.45, 7) is 8.53. The molecule has 9 rings (SSSR count). The van der Waals surface area contributed by atoms with Gasteiger partial charge in [-0.25, -0.2) is 27.7 Å². The lowest BCUT2D eigenvalue weighted by Crippen LogP contribution is -2.58. The van der Waals surface area contributed by atoms with Gasteiger partial charge in [0.05, 0.1) is 29.8 Å². The number of carbonyl (C=O) groups excluding carboxylic acids is 5. The fourth-order valence-electron chi connectivity index (χ4n) is 9.80. The fourth-order valence-corrected chi connectivity index (χ4v) is 10.9. The number of fused-ring (bicyclic) bond motifs is 4. The predicted molar refractivity (Wildman–Crippen MR) is 280 cm³/mol. The SMILES string of the molecule is C=C[C@@H]1C[C@]1(NC(=O)[C@@H]1C[C@@H](Oc2cc(-c3ccccc3)nc3cc(OC)ccc23)CN1C(=O)[C@H](CCNC(=O)OCC1c2ccccc2-c2ccccc21)NC(=O)OC(C)(C)C)C(=O)NS(=O)(=O)c1ccccc1. The molecule has 5 atom stereocenters. The van der Waals surface area contributed by atoms with Crippen molar-refractivity contribution in [2.45, 2.75) is 80.2 Å². The van der Waals surface area contributed by atoms with E-state index in [1.165, 1.54) is 35.2 Å². The Bertz CT molecular complexity index is 3230. The summed E-state index contributed by atoms with van der Waals surface area (Å²) in [5.74, 6) is -2.40. The van der Waals surface area contributed by atoms with E-state index in [9.17, 15) is 27.6 Å². The predicted octanol–water partition coefficient (Wildman–Crippen LogP) is 7.65. The van der Waals surface area contributed by atoms with E-state index in [0.717, 1.165) is 27.8 Å². The molecule has 18 heteroatoms. The Morgan fingerprint density at radius 1 is 0.853 bits per heavy atom. The van der Waals surface area contributed by atoms with E-state index in [-0.39, 0.29) is 49.8 Å². The van der Waals surface area contributed by atoms with E-state index < -0.39 is 75.2 Å². The molecule has 3 aliphatic rings. The van der Waals surface area contributed by atoms with Crippen LogP contribution in [-0.4, -0.2) is 104 Å². The number of hydrogen-bond donors (Lipinski definition) is 4. The molecule has 1 saturated carbocycles. The summed E-state index contributed by atoms with van der Waals surface area (Å²) in [4.78, 5) is 76.9. The first-order chi connectivity index (χ1) is 36.0. The maximum Gasteiger partial charge on any atom is 0.408 e. The lowest BCUT2D eigenvalue weighted by atomic mass is 9.98. The number of hydrogen-bond acceptors (Lipinski definition) is 12. The maximum absolute atomic E-state index is 15.1. The summed E-state index contributed by atoms with van der Waals surface area (Å²) >= 11 is 0.